The predicted octanol–water partition coefficient (Wildman–Crippen LogP) is 4.00. The average Bonchev–Trinajstić information content (AvgIpc) is 2.95. The highest BCUT2D eigenvalue weighted by atomic mass is 32.2. The number of nitrogens with one attached hydrogen (secondary N) is 1. The molecular weight excluding hydrogens is 266 g/mol. The highest BCUT2D eigenvalue weighted by Crippen LogP contribution is 2.26. The van der Waals surface area contributed by atoms with Crippen LogP contribution in [0.1, 0.15) is 11.1 Å². The SMILES string of the molecule is CSc1ccc(NCCc2ccc3c(c2)CCO3)cc1. The normalized spacial score (nSPS) is 12.8. The van der Waals surface area contributed by atoms with Gasteiger partial charge in [0.1, 0.15) is 5.75 Å². The third-order valence-corrected chi connectivity index (χ3v) is 4.33. The van der Waals surface area contributed by atoms with E-state index in [4.69, 9.17) is 4.74 Å². The van der Waals surface area contributed by atoms with Gasteiger partial charge in [0.25, 0.3) is 0 Å². The summed E-state index contributed by atoms with van der Waals surface area (Å²) in [5.74, 6) is 1.06. The molecule has 0 aromatic heterocycles. The van der Waals surface area contributed by atoms with Crippen LogP contribution >= 0.6 is 11.8 Å². The molecule has 1 heterocycles. The van der Waals surface area contributed by atoms with E-state index in [1.807, 2.05) is 0 Å². The molecule has 0 fully saturated rings. The molecule has 0 saturated carbocycles. The van der Waals surface area contributed by atoms with E-state index in [0.717, 1.165) is 31.7 Å². The van der Waals surface area contributed by atoms with Gasteiger partial charge in [-0.05, 0) is 54.1 Å². The summed E-state index contributed by atoms with van der Waals surface area (Å²) >= 11 is 1.77. The molecule has 0 radical (unpaired) electrons. The van der Waals surface area contributed by atoms with Gasteiger partial charge in [-0.2, -0.15) is 0 Å². The largest absolute Gasteiger partial charge is 0.493 e. The van der Waals surface area contributed by atoms with E-state index in [9.17, 15) is 0 Å². The van der Waals surface area contributed by atoms with Crippen LogP contribution in [0.3, 0.4) is 0 Å². The summed E-state index contributed by atoms with van der Waals surface area (Å²) in [6.07, 6.45) is 4.18. The van der Waals surface area contributed by atoms with E-state index in [1.54, 1.807) is 11.8 Å². The number of benzene rings is 2. The van der Waals surface area contributed by atoms with Crippen molar-refractivity contribution in [1.29, 1.82) is 0 Å². The fraction of sp³-hybridized carbons (Fsp3) is 0.294. The number of fused-ring (bicyclic) bond motifs is 1. The summed E-state index contributed by atoms with van der Waals surface area (Å²) in [7, 11) is 0. The van der Waals surface area contributed by atoms with Crippen molar-refractivity contribution < 1.29 is 4.74 Å². The average molecular weight is 285 g/mol. The first kappa shape index (κ1) is 13.4. The third kappa shape index (κ3) is 3.10. The molecule has 3 rings (SSSR count). The Morgan fingerprint density at radius 3 is 2.80 bits per heavy atom. The Bertz CT molecular complexity index is 580. The smallest absolute Gasteiger partial charge is 0.122 e. The van der Waals surface area contributed by atoms with Gasteiger partial charge in [-0.3, -0.25) is 0 Å². The van der Waals surface area contributed by atoms with Crippen molar-refractivity contribution in [2.24, 2.45) is 0 Å². The first-order valence-electron chi connectivity index (χ1n) is 6.98. The zero-order valence-electron chi connectivity index (χ0n) is 11.7. The van der Waals surface area contributed by atoms with Crippen LogP contribution in [0.4, 0.5) is 5.69 Å². The topological polar surface area (TPSA) is 21.3 Å². The fourth-order valence-electron chi connectivity index (χ4n) is 2.46. The predicted molar refractivity (Wildman–Crippen MR) is 86.1 cm³/mol. The maximum absolute atomic E-state index is 5.53. The second kappa shape index (κ2) is 6.23. The van der Waals surface area contributed by atoms with Crippen molar-refractivity contribution in [2.75, 3.05) is 24.7 Å². The molecule has 0 spiro atoms. The lowest BCUT2D eigenvalue weighted by atomic mass is 10.1. The molecule has 1 aliphatic heterocycles. The van der Waals surface area contributed by atoms with Crippen molar-refractivity contribution in [1.82, 2.24) is 0 Å². The van der Waals surface area contributed by atoms with Crippen molar-refractivity contribution >= 4 is 17.4 Å². The van der Waals surface area contributed by atoms with Gasteiger partial charge in [0.15, 0.2) is 0 Å². The van der Waals surface area contributed by atoms with E-state index >= 15 is 0 Å². The number of rotatable bonds is 5. The standard InChI is InChI=1S/C17H19NOS/c1-20-16-5-3-15(4-6-16)18-10-8-13-2-7-17-14(12-13)9-11-19-17/h2-7,12,18H,8-11H2,1H3. The molecule has 1 N–H and O–H groups in total. The van der Waals surface area contributed by atoms with Gasteiger partial charge in [0, 0.05) is 23.5 Å². The molecule has 0 bridgehead atoms. The number of hydrogen-bond donors (Lipinski definition) is 1. The maximum Gasteiger partial charge on any atom is 0.122 e. The van der Waals surface area contributed by atoms with Gasteiger partial charge in [0.05, 0.1) is 6.61 Å². The summed E-state index contributed by atoms with van der Waals surface area (Å²) in [5.41, 5.74) is 3.92. The monoisotopic (exact) mass is 285 g/mol. The molecule has 0 unspecified atom stereocenters. The van der Waals surface area contributed by atoms with Crippen LogP contribution in [0.15, 0.2) is 47.4 Å². The molecule has 0 aliphatic carbocycles. The highest BCUT2D eigenvalue weighted by molar-refractivity contribution is 7.98. The summed E-state index contributed by atoms with van der Waals surface area (Å²) in [5, 5.41) is 3.47. The zero-order valence-corrected chi connectivity index (χ0v) is 12.5. The van der Waals surface area contributed by atoms with Gasteiger partial charge >= 0.3 is 0 Å². The molecule has 3 heteroatoms. The van der Waals surface area contributed by atoms with Crippen LogP contribution in [-0.2, 0) is 12.8 Å². The molecule has 2 aromatic rings. The summed E-state index contributed by atoms with van der Waals surface area (Å²) < 4.78 is 5.53. The Hall–Kier alpha value is -1.61. The van der Waals surface area contributed by atoms with Crippen LogP contribution in [0.25, 0.3) is 0 Å². The van der Waals surface area contributed by atoms with Gasteiger partial charge in [-0.1, -0.05) is 12.1 Å². The molecule has 104 valence electrons. The van der Waals surface area contributed by atoms with E-state index < -0.39 is 0 Å². The zero-order chi connectivity index (χ0) is 13.8. The van der Waals surface area contributed by atoms with Gasteiger partial charge < -0.3 is 10.1 Å². The number of ether oxygens (including phenoxy) is 1. The summed E-state index contributed by atoms with van der Waals surface area (Å²) in [4.78, 5) is 1.30. The third-order valence-electron chi connectivity index (χ3n) is 3.59. The lowest BCUT2D eigenvalue weighted by Crippen LogP contribution is -2.04. The Kier molecular flexibility index (Phi) is 4.16. The lowest BCUT2D eigenvalue weighted by Gasteiger charge is -2.08. The van der Waals surface area contributed by atoms with Gasteiger partial charge in [-0.25, -0.2) is 0 Å². The summed E-state index contributed by atoms with van der Waals surface area (Å²) in [6.45, 7) is 1.79. The lowest BCUT2D eigenvalue weighted by molar-refractivity contribution is 0.357. The van der Waals surface area contributed by atoms with E-state index in [-0.39, 0.29) is 0 Å². The Balaban J connectivity index is 1.54. The number of thioether (sulfide) groups is 1. The number of hydrogen-bond acceptors (Lipinski definition) is 3. The number of anilines is 1. The molecule has 0 atom stereocenters. The fourth-order valence-corrected chi connectivity index (χ4v) is 2.86. The molecule has 20 heavy (non-hydrogen) atoms. The Labute approximate surface area is 124 Å². The van der Waals surface area contributed by atoms with Crippen LogP contribution in [-0.4, -0.2) is 19.4 Å². The molecule has 2 aromatic carbocycles. The highest BCUT2D eigenvalue weighted by Gasteiger charge is 2.11. The molecular formula is C17H19NOS. The summed E-state index contributed by atoms with van der Waals surface area (Å²) in [6, 6.07) is 15.1. The Morgan fingerprint density at radius 2 is 2.00 bits per heavy atom. The molecule has 0 saturated heterocycles. The van der Waals surface area contributed by atoms with Crippen LogP contribution in [0.2, 0.25) is 0 Å². The molecule has 1 aliphatic rings. The first-order valence-corrected chi connectivity index (χ1v) is 8.20. The maximum atomic E-state index is 5.53. The van der Waals surface area contributed by atoms with Gasteiger partial charge in [-0.15, -0.1) is 11.8 Å². The van der Waals surface area contributed by atoms with Crippen molar-refractivity contribution in [2.45, 2.75) is 17.7 Å². The Morgan fingerprint density at radius 1 is 1.15 bits per heavy atom. The molecule has 2 nitrogen and oxygen atoms in total. The second-order valence-electron chi connectivity index (χ2n) is 4.95. The van der Waals surface area contributed by atoms with Crippen LogP contribution in [0, 0.1) is 0 Å². The van der Waals surface area contributed by atoms with E-state index in [1.165, 1.54) is 21.7 Å². The van der Waals surface area contributed by atoms with Crippen molar-refractivity contribution in [3.63, 3.8) is 0 Å². The van der Waals surface area contributed by atoms with Crippen molar-refractivity contribution in [3.8, 4) is 5.75 Å². The molecule has 0 amide bonds. The van der Waals surface area contributed by atoms with Gasteiger partial charge in [0.2, 0.25) is 0 Å². The minimum Gasteiger partial charge on any atom is -0.493 e. The minimum absolute atomic E-state index is 0.832. The van der Waals surface area contributed by atoms with E-state index in [2.05, 4.69) is 54.0 Å². The second-order valence-corrected chi connectivity index (χ2v) is 5.83. The van der Waals surface area contributed by atoms with Crippen LogP contribution < -0.4 is 10.1 Å². The first-order chi connectivity index (χ1) is 9.85. The van der Waals surface area contributed by atoms with E-state index in [0.29, 0.717) is 0 Å². The minimum atomic E-state index is 0.832. The quantitative estimate of drug-likeness (QED) is 0.839. The van der Waals surface area contributed by atoms with Crippen LogP contribution in [0.5, 0.6) is 5.75 Å². The van der Waals surface area contributed by atoms with Crippen molar-refractivity contribution in [3.05, 3.63) is 53.6 Å².